The average Bonchev–Trinajstić information content (AvgIpc) is 3.18. The van der Waals surface area contributed by atoms with Gasteiger partial charge in [-0.25, -0.2) is 4.68 Å². The summed E-state index contributed by atoms with van der Waals surface area (Å²) in [4.78, 5) is 4.10. The molecule has 4 rings (SSSR count). The van der Waals surface area contributed by atoms with Gasteiger partial charge in [0.2, 0.25) is 0 Å². The van der Waals surface area contributed by atoms with Crippen LogP contribution >= 0.6 is 0 Å². The van der Waals surface area contributed by atoms with E-state index in [0.29, 0.717) is 0 Å². The number of anilines is 1. The van der Waals surface area contributed by atoms with Crippen molar-refractivity contribution in [3.8, 4) is 16.9 Å². The van der Waals surface area contributed by atoms with Crippen molar-refractivity contribution in [1.29, 1.82) is 0 Å². The number of aromatic nitrogens is 3. The standard InChI is InChI=1S/C22H19N5/c1-26(20-8-4-2-5-9-20)24-16-19-17-27(21-10-6-3-7-11-21)25-22(19)18-12-14-23-15-13-18/h2-17H,1H3/b24-16-. The Bertz CT molecular complexity index is 1020. The number of pyridine rings is 1. The first-order valence-corrected chi connectivity index (χ1v) is 8.69. The summed E-state index contributed by atoms with van der Waals surface area (Å²) < 4.78 is 1.87. The fourth-order valence-corrected chi connectivity index (χ4v) is 2.79. The number of rotatable bonds is 5. The Morgan fingerprint density at radius 1 is 0.889 bits per heavy atom. The molecule has 0 aliphatic rings. The smallest absolute Gasteiger partial charge is 0.102 e. The van der Waals surface area contributed by atoms with E-state index in [1.807, 2.05) is 102 Å². The molecule has 2 aromatic heterocycles. The lowest BCUT2D eigenvalue weighted by Crippen LogP contribution is -2.08. The predicted molar refractivity (Wildman–Crippen MR) is 109 cm³/mol. The summed E-state index contributed by atoms with van der Waals surface area (Å²) in [5, 5.41) is 11.2. The van der Waals surface area contributed by atoms with Gasteiger partial charge in [0.15, 0.2) is 0 Å². The van der Waals surface area contributed by atoms with E-state index in [0.717, 1.165) is 28.2 Å². The van der Waals surface area contributed by atoms with Crippen molar-refractivity contribution >= 4 is 11.9 Å². The molecule has 0 radical (unpaired) electrons. The second kappa shape index (κ2) is 7.66. The molecule has 5 nitrogen and oxygen atoms in total. The monoisotopic (exact) mass is 353 g/mol. The number of hydrogen-bond acceptors (Lipinski definition) is 4. The first kappa shape index (κ1) is 16.7. The Labute approximate surface area is 158 Å². The lowest BCUT2D eigenvalue weighted by molar-refractivity contribution is 0.884. The van der Waals surface area contributed by atoms with E-state index >= 15 is 0 Å². The number of nitrogens with zero attached hydrogens (tertiary/aromatic N) is 5. The number of hydrogen-bond donors (Lipinski definition) is 0. The summed E-state index contributed by atoms with van der Waals surface area (Å²) in [5.41, 5.74) is 4.83. The van der Waals surface area contributed by atoms with Crippen LogP contribution in [0, 0.1) is 0 Å². The van der Waals surface area contributed by atoms with Gasteiger partial charge in [-0.2, -0.15) is 10.2 Å². The normalized spacial score (nSPS) is 11.0. The van der Waals surface area contributed by atoms with Crippen LogP contribution < -0.4 is 5.01 Å². The highest BCUT2D eigenvalue weighted by atomic mass is 15.4. The maximum Gasteiger partial charge on any atom is 0.102 e. The van der Waals surface area contributed by atoms with Crippen LogP contribution in [0.4, 0.5) is 5.69 Å². The van der Waals surface area contributed by atoms with Gasteiger partial charge in [-0.1, -0.05) is 36.4 Å². The minimum absolute atomic E-state index is 0.867. The molecule has 0 fully saturated rings. The first-order valence-electron chi connectivity index (χ1n) is 8.69. The number of para-hydroxylation sites is 2. The van der Waals surface area contributed by atoms with Crippen LogP contribution in [0.3, 0.4) is 0 Å². The van der Waals surface area contributed by atoms with Gasteiger partial charge < -0.3 is 0 Å². The third-order valence-electron chi connectivity index (χ3n) is 4.22. The summed E-state index contributed by atoms with van der Waals surface area (Å²) in [6, 6.07) is 24.0. The van der Waals surface area contributed by atoms with Crippen molar-refractivity contribution in [2.45, 2.75) is 0 Å². The molecule has 0 spiro atoms. The zero-order valence-electron chi connectivity index (χ0n) is 15.0. The van der Waals surface area contributed by atoms with E-state index < -0.39 is 0 Å². The second-order valence-corrected chi connectivity index (χ2v) is 6.05. The van der Waals surface area contributed by atoms with Crippen LogP contribution in [0.25, 0.3) is 16.9 Å². The van der Waals surface area contributed by atoms with Crippen molar-refractivity contribution in [1.82, 2.24) is 14.8 Å². The van der Waals surface area contributed by atoms with Crippen molar-refractivity contribution in [3.63, 3.8) is 0 Å². The van der Waals surface area contributed by atoms with E-state index in [-0.39, 0.29) is 0 Å². The lowest BCUT2D eigenvalue weighted by Gasteiger charge is -2.11. The fourth-order valence-electron chi connectivity index (χ4n) is 2.79. The number of hydrazone groups is 1. The van der Waals surface area contributed by atoms with Crippen LogP contribution in [0.2, 0.25) is 0 Å². The van der Waals surface area contributed by atoms with Crippen LogP contribution in [-0.2, 0) is 0 Å². The highest BCUT2D eigenvalue weighted by Gasteiger charge is 2.11. The van der Waals surface area contributed by atoms with Crippen LogP contribution in [-0.4, -0.2) is 28.0 Å². The molecule has 27 heavy (non-hydrogen) atoms. The largest absolute Gasteiger partial charge is 0.269 e. The van der Waals surface area contributed by atoms with E-state index in [2.05, 4.69) is 10.1 Å². The highest BCUT2D eigenvalue weighted by molar-refractivity contribution is 5.89. The third kappa shape index (κ3) is 3.77. The molecule has 132 valence electrons. The summed E-state index contributed by atoms with van der Waals surface area (Å²) >= 11 is 0. The Kier molecular flexibility index (Phi) is 4.74. The summed E-state index contributed by atoms with van der Waals surface area (Å²) in [5.74, 6) is 0. The predicted octanol–water partition coefficient (Wildman–Crippen LogP) is 4.40. The van der Waals surface area contributed by atoms with Crippen LogP contribution in [0.1, 0.15) is 5.56 Å². The van der Waals surface area contributed by atoms with Gasteiger partial charge in [0, 0.05) is 36.8 Å². The van der Waals surface area contributed by atoms with Crippen LogP contribution in [0.15, 0.2) is 96.5 Å². The molecule has 0 aliphatic heterocycles. The maximum absolute atomic E-state index is 4.78. The fraction of sp³-hybridized carbons (Fsp3) is 0.0455. The number of benzene rings is 2. The lowest BCUT2D eigenvalue weighted by atomic mass is 10.1. The van der Waals surface area contributed by atoms with E-state index in [4.69, 9.17) is 5.10 Å². The SMILES string of the molecule is CN(/N=C\c1cn(-c2ccccc2)nc1-c1ccncc1)c1ccccc1. The van der Waals surface area contributed by atoms with Gasteiger partial charge in [0.05, 0.1) is 17.6 Å². The van der Waals surface area contributed by atoms with Crippen molar-refractivity contribution < 1.29 is 0 Å². The molecule has 0 aliphatic carbocycles. The Morgan fingerprint density at radius 3 is 2.26 bits per heavy atom. The summed E-state index contributed by atoms with van der Waals surface area (Å²) in [7, 11) is 1.93. The van der Waals surface area contributed by atoms with Gasteiger partial charge in [-0.3, -0.25) is 9.99 Å². The molecule has 0 saturated carbocycles. The third-order valence-corrected chi connectivity index (χ3v) is 4.22. The van der Waals surface area contributed by atoms with Gasteiger partial charge >= 0.3 is 0 Å². The summed E-state index contributed by atoms with van der Waals surface area (Å²) in [6.45, 7) is 0. The zero-order valence-corrected chi connectivity index (χ0v) is 15.0. The van der Waals surface area contributed by atoms with E-state index in [1.165, 1.54) is 0 Å². The molecule has 0 bridgehead atoms. The molecule has 4 aromatic rings. The first-order chi connectivity index (χ1) is 13.3. The minimum atomic E-state index is 0.867. The van der Waals surface area contributed by atoms with Crippen molar-refractivity contribution in [2.75, 3.05) is 12.1 Å². The molecule has 0 N–H and O–H groups in total. The second-order valence-electron chi connectivity index (χ2n) is 6.05. The van der Waals surface area contributed by atoms with Crippen molar-refractivity contribution in [2.24, 2.45) is 5.10 Å². The highest BCUT2D eigenvalue weighted by Crippen LogP contribution is 2.22. The Balaban J connectivity index is 1.72. The van der Waals surface area contributed by atoms with Gasteiger partial charge in [0.1, 0.15) is 5.69 Å². The Morgan fingerprint density at radius 2 is 1.56 bits per heavy atom. The molecule has 0 amide bonds. The van der Waals surface area contributed by atoms with Crippen LogP contribution in [0.5, 0.6) is 0 Å². The van der Waals surface area contributed by atoms with E-state index in [9.17, 15) is 0 Å². The topological polar surface area (TPSA) is 46.3 Å². The Hall–Kier alpha value is -3.73. The average molecular weight is 353 g/mol. The van der Waals surface area contributed by atoms with Crippen molar-refractivity contribution in [3.05, 3.63) is 97.0 Å². The molecule has 2 heterocycles. The molecular formula is C22H19N5. The minimum Gasteiger partial charge on any atom is -0.269 e. The van der Waals surface area contributed by atoms with Gasteiger partial charge in [-0.15, -0.1) is 0 Å². The maximum atomic E-state index is 4.78. The summed E-state index contributed by atoms with van der Waals surface area (Å²) in [6.07, 6.45) is 7.38. The van der Waals surface area contributed by atoms with Gasteiger partial charge in [0.25, 0.3) is 0 Å². The molecule has 5 heteroatoms. The molecule has 0 saturated heterocycles. The van der Waals surface area contributed by atoms with Gasteiger partial charge in [-0.05, 0) is 36.4 Å². The molecule has 2 aromatic carbocycles. The molecular weight excluding hydrogens is 334 g/mol. The zero-order chi connectivity index (χ0) is 18.5. The quantitative estimate of drug-likeness (QED) is 0.394. The molecule has 0 unspecified atom stereocenters. The molecule has 0 atom stereocenters. The van der Waals surface area contributed by atoms with E-state index in [1.54, 1.807) is 12.4 Å².